The number of amides is 1. The van der Waals surface area contributed by atoms with Gasteiger partial charge in [-0.2, -0.15) is 0 Å². The number of nitrogens with one attached hydrogen (secondary N) is 1. The summed E-state index contributed by atoms with van der Waals surface area (Å²) in [5.74, 6) is -0.976. The van der Waals surface area contributed by atoms with Crippen molar-refractivity contribution in [1.82, 2.24) is 5.32 Å². The summed E-state index contributed by atoms with van der Waals surface area (Å²) in [7, 11) is 0. The molecule has 20 heavy (non-hydrogen) atoms. The standard InChI is InChI=1S/C15H15FN2O2/c16-12-6-2-1-4-10(12)8-9-18-15(20)11-5-3-7-13(17)14(11)19/h1-7,19H,8-9,17H2,(H,18,20). The largest absolute Gasteiger partial charge is 0.505 e. The number of halogens is 1. The summed E-state index contributed by atoms with van der Waals surface area (Å²) in [5.41, 5.74) is 6.31. The molecule has 4 nitrogen and oxygen atoms in total. The van der Waals surface area contributed by atoms with Crippen LogP contribution in [-0.2, 0) is 6.42 Å². The van der Waals surface area contributed by atoms with Crippen LogP contribution < -0.4 is 11.1 Å². The van der Waals surface area contributed by atoms with Gasteiger partial charge in [0.15, 0.2) is 5.75 Å². The fraction of sp³-hybridized carbons (Fsp3) is 0.133. The molecule has 1 amide bonds. The Morgan fingerprint density at radius 1 is 1.20 bits per heavy atom. The Morgan fingerprint density at radius 3 is 2.70 bits per heavy atom. The van der Waals surface area contributed by atoms with Crippen molar-refractivity contribution in [3.05, 3.63) is 59.4 Å². The van der Waals surface area contributed by atoms with Gasteiger partial charge in [-0.25, -0.2) is 4.39 Å². The first-order chi connectivity index (χ1) is 9.59. The highest BCUT2D eigenvalue weighted by Crippen LogP contribution is 2.24. The minimum absolute atomic E-state index is 0.110. The van der Waals surface area contributed by atoms with Crippen molar-refractivity contribution in [2.24, 2.45) is 0 Å². The lowest BCUT2D eigenvalue weighted by molar-refractivity contribution is 0.0951. The maximum atomic E-state index is 13.4. The van der Waals surface area contributed by atoms with Crippen LogP contribution in [0.3, 0.4) is 0 Å². The molecule has 0 radical (unpaired) electrons. The summed E-state index contributed by atoms with van der Waals surface area (Å²) in [6.45, 7) is 0.272. The third-order valence-corrected chi connectivity index (χ3v) is 2.95. The Morgan fingerprint density at radius 2 is 1.95 bits per heavy atom. The minimum atomic E-state index is -0.439. The van der Waals surface area contributed by atoms with E-state index in [1.165, 1.54) is 18.2 Å². The Labute approximate surface area is 116 Å². The highest BCUT2D eigenvalue weighted by molar-refractivity contribution is 5.98. The van der Waals surface area contributed by atoms with Crippen LogP contribution in [0, 0.1) is 5.82 Å². The number of carbonyl (C=O) groups excluding carboxylic acids is 1. The van der Waals surface area contributed by atoms with Crippen molar-refractivity contribution in [2.45, 2.75) is 6.42 Å². The van der Waals surface area contributed by atoms with Crippen LogP contribution in [0.4, 0.5) is 10.1 Å². The number of aromatic hydroxyl groups is 1. The van der Waals surface area contributed by atoms with Gasteiger partial charge in [0.25, 0.3) is 5.91 Å². The maximum absolute atomic E-state index is 13.4. The van der Waals surface area contributed by atoms with Crippen LogP contribution in [0.15, 0.2) is 42.5 Å². The fourth-order valence-electron chi connectivity index (χ4n) is 1.85. The number of anilines is 1. The van der Waals surface area contributed by atoms with Gasteiger partial charge in [0.2, 0.25) is 0 Å². The predicted octanol–water partition coefficient (Wildman–Crippen LogP) is 2.09. The van der Waals surface area contributed by atoms with E-state index < -0.39 is 5.91 Å². The van der Waals surface area contributed by atoms with Gasteiger partial charge in [-0.15, -0.1) is 0 Å². The highest BCUT2D eigenvalue weighted by Gasteiger charge is 2.12. The number of para-hydroxylation sites is 1. The molecular weight excluding hydrogens is 259 g/mol. The summed E-state index contributed by atoms with van der Waals surface area (Å²) < 4.78 is 13.4. The highest BCUT2D eigenvalue weighted by atomic mass is 19.1. The summed E-state index contributed by atoms with van der Waals surface area (Å²) in [6.07, 6.45) is 0.376. The molecule has 4 N–H and O–H groups in total. The fourth-order valence-corrected chi connectivity index (χ4v) is 1.85. The molecule has 0 aromatic heterocycles. The Bertz CT molecular complexity index is 629. The molecule has 0 bridgehead atoms. The summed E-state index contributed by atoms with van der Waals surface area (Å²) in [5, 5.41) is 12.3. The van der Waals surface area contributed by atoms with Gasteiger partial charge in [-0.05, 0) is 30.2 Å². The quantitative estimate of drug-likeness (QED) is 0.590. The lowest BCUT2D eigenvalue weighted by Crippen LogP contribution is -2.26. The van der Waals surface area contributed by atoms with Gasteiger partial charge >= 0.3 is 0 Å². The number of phenolic OH excluding ortho intramolecular Hbond substituents is 1. The molecule has 0 atom stereocenters. The number of hydrogen-bond acceptors (Lipinski definition) is 3. The van der Waals surface area contributed by atoms with Gasteiger partial charge in [0.1, 0.15) is 5.82 Å². The molecule has 0 heterocycles. The second-order valence-corrected chi connectivity index (χ2v) is 4.34. The lowest BCUT2D eigenvalue weighted by atomic mass is 10.1. The van der Waals surface area contributed by atoms with E-state index in [2.05, 4.69) is 5.32 Å². The van der Waals surface area contributed by atoms with E-state index >= 15 is 0 Å². The molecule has 2 aromatic rings. The van der Waals surface area contributed by atoms with Crippen LogP contribution in [0.25, 0.3) is 0 Å². The second kappa shape index (κ2) is 6.06. The number of phenols is 1. The number of benzene rings is 2. The number of carbonyl (C=O) groups is 1. The third-order valence-electron chi connectivity index (χ3n) is 2.95. The Balaban J connectivity index is 1.96. The van der Waals surface area contributed by atoms with Gasteiger partial charge in [0.05, 0.1) is 11.3 Å². The van der Waals surface area contributed by atoms with Crippen LogP contribution in [0.2, 0.25) is 0 Å². The molecule has 2 rings (SSSR count). The van der Waals surface area contributed by atoms with Crippen LogP contribution >= 0.6 is 0 Å². The van der Waals surface area contributed by atoms with Gasteiger partial charge < -0.3 is 16.2 Å². The van der Waals surface area contributed by atoms with Crippen LogP contribution in [0.5, 0.6) is 5.75 Å². The molecule has 0 aliphatic heterocycles. The maximum Gasteiger partial charge on any atom is 0.255 e. The topological polar surface area (TPSA) is 75.4 Å². The van der Waals surface area contributed by atoms with Crippen molar-refractivity contribution in [2.75, 3.05) is 12.3 Å². The average Bonchev–Trinajstić information content (AvgIpc) is 2.44. The van der Waals surface area contributed by atoms with E-state index in [-0.39, 0.29) is 29.4 Å². The van der Waals surface area contributed by atoms with E-state index in [9.17, 15) is 14.3 Å². The van der Waals surface area contributed by atoms with E-state index in [1.807, 2.05) is 0 Å². The zero-order chi connectivity index (χ0) is 14.5. The molecule has 0 saturated heterocycles. The average molecular weight is 274 g/mol. The van der Waals surface area contributed by atoms with E-state index in [1.54, 1.807) is 24.3 Å². The number of nitrogen functional groups attached to an aromatic ring is 1. The predicted molar refractivity (Wildman–Crippen MR) is 75.0 cm³/mol. The van der Waals surface area contributed by atoms with Gasteiger partial charge in [-0.3, -0.25) is 4.79 Å². The van der Waals surface area contributed by atoms with Crippen molar-refractivity contribution >= 4 is 11.6 Å². The van der Waals surface area contributed by atoms with Gasteiger partial charge in [-0.1, -0.05) is 24.3 Å². The molecule has 0 spiro atoms. The molecular formula is C15H15FN2O2. The molecule has 5 heteroatoms. The van der Waals surface area contributed by atoms with E-state index in [0.29, 0.717) is 12.0 Å². The summed E-state index contributed by atoms with van der Waals surface area (Å²) in [4.78, 5) is 11.9. The zero-order valence-electron chi connectivity index (χ0n) is 10.8. The van der Waals surface area contributed by atoms with Crippen molar-refractivity contribution in [3.63, 3.8) is 0 Å². The number of rotatable bonds is 4. The Hall–Kier alpha value is -2.56. The monoisotopic (exact) mass is 274 g/mol. The molecule has 0 fully saturated rings. The second-order valence-electron chi connectivity index (χ2n) is 4.34. The normalized spacial score (nSPS) is 10.2. The smallest absolute Gasteiger partial charge is 0.255 e. The molecule has 0 aliphatic carbocycles. The SMILES string of the molecule is Nc1cccc(C(=O)NCCc2ccccc2F)c1O. The third kappa shape index (κ3) is 3.06. The summed E-state index contributed by atoms with van der Waals surface area (Å²) in [6, 6.07) is 11.0. The lowest BCUT2D eigenvalue weighted by Gasteiger charge is -2.08. The molecule has 0 unspecified atom stereocenters. The van der Waals surface area contributed by atoms with Crippen molar-refractivity contribution < 1.29 is 14.3 Å². The van der Waals surface area contributed by atoms with Crippen molar-refractivity contribution in [3.8, 4) is 5.75 Å². The van der Waals surface area contributed by atoms with E-state index in [4.69, 9.17) is 5.73 Å². The molecule has 2 aromatic carbocycles. The summed E-state index contributed by atoms with van der Waals surface area (Å²) >= 11 is 0. The van der Waals surface area contributed by atoms with Gasteiger partial charge in [0, 0.05) is 6.54 Å². The van der Waals surface area contributed by atoms with Crippen LogP contribution in [-0.4, -0.2) is 17.6 Å². The van der Waals surface area contributed by atoms with E-state index in [0.717, 1.165) is 0 Å². The van der Waals surface area contributed by atoms with Crippen molar-refractivity contribution in [1.29, 1.82) is 0 Å². The number of nitrogens with two attached hydrogens (primary N) is 1. The molecule has 0 aliphatic rings. The Kier molecular flexibility index (Phi) is 4.20. The number of hydrogen-bond donors (Lipinski definition) is 3. The first kappa shape index (κ1) is 13.9. The van der Waals surface area contributed by atoms with Crippen LogP contribution in [0.1, 0.15) is 15.9 Å². The molecule has 0 saturated carbocycles. The first-order valence-corrected chi connectivity index (χ1v) is 6.18. The first-order valence-electron chi connectivity index (χ1n) is 6.18. The molecule has 104 valence electrons. The zero-order valence-corrected chi connectivity index (χ0v) is 10.8. The minimum Gasteiger partial charge on any atom is -0.505 e.